The van der Waals surface area contributed by atoms with Gasteiger partial charge in [-0.15, -0.1) is 0 Å². The van der Waals surface area contributed by atoms with Crippen molar-refractivity contribution in [1.29, 1.82) is 0 Å². The normalized spacial score (nSPS) is 30.7. The molecular weight excluding hydrogens is 245 g/mol. The Morgan fingerprint density at radius 1 is 1.77 bits per heavy atom. The predicted octanol–water partition coefficient (Wildman–Crippen LogP) is 3.33. The van der Waals surface area contributed by atoms with Gasteiger partial charge in [0, 0.05) is 18.1 Å². The first kappa shape index (κ1) is 12.0. The Morgan fingerprint density at radius 2 is 2.46 bits per heavy atom. The van der Waals surface area contributed by atoms with Gasteiger partial charge in [-0.1, -0.05) is 30.4 Å². The number of hydrogen-bond donors (Lipinski definition) is 0. The Hall–Kier alpha value is 0.910. The molecule has 2 atom stereocenters. The Balaban J connectivity index is 2.69. The first-order valence-corrected chi connectivity index (χ1v) is 8.98. The van der Waals surface area contributed by atoms with Crippen LogP contribution in [0.25, 0.3) is 0 Å². The lowest BCUT2D eigenvalue weighted by Crippen LogP contribution is -1.89. The monoisotopic (exact) mass is 257 g/mol. The molecule has 3 nitrogen and oxygen atoms in total. The summed E-state index contributed by atoms with van der Waals surface area (Å²) in [6.07, 6.45) is 1.75. The van der Waals surface area contributed by atoms with Crippen molar-refractivity contribution in [3.63, 3.8) is 0 Å². The summed E-state index contributed by atoms with van der Waals surface area (Å²) in [6, 6.07) is 0. The fourth-order valence-electron chi connectivity index (χ4n) is 0.737. The van der Waals surface area contributed by atoms with Gasteiger partial charge in [0.05, 0.1) is 0 Å². The molecule has 0 bridgehead atoms. The summed E-state index contributed by atoms with van der Waals surface area (Å²) >= 11 is 4.51. The van der Waals surface area contributed by atoms with E-state index in [1.165, 1.54) is 18.5 Å². The standard InChI is InChI=1S/C6H12NO2PS3/c1-5-4-12-6(13-5)7-10(8,9-2)11-3/h5H,4H2,1-3H3/b7-6+. The van der Waals surface area contributed by atoms with Crippen LogP contribution >= 0.6 is 41.6 Å². The highest BCUT2D eigenvalue weighted by molar-refractivity contribution is 8.56. The molecule has 1 aliphatic heterocycles. The van der Waals surface area contributed by atoms with E-state index in [1.807, 2.05) is 0 Å². The van der Waals surface area contributed by atoms with E-state index < -0.39 is 6.72 Å². The second-order valence-corrected chi connectivity index (χ2v) is 9.48. The topological polar surface area (TPSA) is 38.7 Å². The lowest BCUT2D eigenvalue weighted by atomic mass is 10.6. The zero-order valence-electron chi connectivity index (χ0n) is 7.72. The molecule has 0 spiro atoms. The molecule has 0 aliphatic carbocycles. The highest BCUT2D eigenvalue weighted by Gasteiger charge is 2.24. The highest BCUT2D eigenvalue weighted by atomic mass is 32.7. The van der Waals surface area contributed by atoms with Gasteiger partial charge in [0.25, 0.3) is 0 Å². The Morgan fingerprint density at radius 3 is 2.85 bits per heavy atom. The van der Waals surface area contributed by atoms with Crippen LogP contribution in [-0.4, -0.2) is 28.7 Å². The molecule has 7 heteroatoms. The second kappa shape index (κ2) is 5.12. The Kier molecular flexibility index (Phi) is 4.72. The van der Waals surface area contributed by atoms with Crippen molar-refractivity contribution in [3.8, 4) is 0 Å². The van der Waals surface area contributed by atoms with E-state index in [2.05, 4.69) is 11.7 Å². The quantitative estimate of drug-likeness (QED) is 0.725. The minimum absolute atomic E-state index is 0.566. The van der Waals surface area contributed by atoms with E-state index >= 15 is 0 Å². The van der Waals surface area contributed by atoms with Crippen LogP contribution in [0.2, 0.25) is 0 Å². The summed E-state index contributed by atoms with van der Waals surface area (Å²) in [5.74, 6) is 1.04. The average Bonchev–Trinajstić information content (AvgIpc) is 2.51. The van der Waals surface area contributed by atoms with Crippen molar-refractivity contribution in [2.75, 3.05) is 19.1 Å². The molecule has 0 aromatic heterocycles. The summed E-state index contributed by atoms with van der Waals surface area (Å²) in [6.45, 7) is -0.658. The van der Waals surface area contributed by atoms with Crippen LogP contribution in [0.3, 0.4) is 0 Å². The largest absolute Gasteiger partial charge is 0.372 e. The second-order valence-electron chi connectivity index (χ2n) is 2.44. The van der Waals surface area contributed by atoms with E-state index in [1.54, 1.807) is 29.8 Å². The van der Waals surface area contributed by atoms with E-state index in [9.17, 15) is 4.57 Å². The first-order chi connectivity index (χ1) is 6.09. The Bertz CT molecular complexity index is 250. The molecule has 0 aromatic rings. The van der Waals surface area contributed by atoms with Crippen LogP contribution in [-0.2, 0) is 9.09 Å². The molecule has 2 unspecified atom stereocenters. The van der Waals surface area contributed by atoms with Crippen molar-refractivity contribution in [1.82, 2.24) is 0 Å². The zero-order valence-corrected chi connectivity index (χ0v) is 11.1. The molecule has 1 aliphatic rings. The SMILES string of the molecule is COP(=O)(/N=C1\SCC(C)S1)SC. The van der Waals surface area contributed by atoms with Crippen molar-refractivity contribution >= 4 is 46.0 Å². The van der Waals surface area contributed by atoms with Crippen molar-refractivity contribution < 1.29 is 9.09 Å². The van der Waals surface area contributed by atoms with Crippen molar-refractivity contribution in [2.24, 2.45) is 4.76 Å². The molecule has 0 saturated carbocycles. The van der Waals surface area contributed by atoms with E-state index in [0.29, 0.717) is 5.25 Å². The summed E-state index contributed by atoms with van der Waals surface area (Å²) in [4.78, 5) is 0. The smallest absolute Gasteiger partial charge is 0.308 e. The van der Waals surface area contributed by atoms with Crippen LogP contribution in [0.5, 0.6) is 0 Å². The van der Waals surface area contributed by atoms with Crippen LogP contribution in [0.1, 0.15) is 6.92 Å². The fraction of sp³-hybridized carbons (Fsp3) is 0.833. The maximum Gasteiger partial charge on any atom is 0.372 e. The van der Waals surface area contributed by atoms with Gasteiger partial charge in [-0.3, -0.25) is 4.57 Å². The van der Waals surface area contributed by atoms with Gasteiger partial charge < -0.3 is 4.52 Å². The summed E-state index contributed by atoms with van der Waals surface area (Å²) in [7, 11) is 1.44. The third kappa shape index (κ3) is 3.51. The predicted molar refractivity (Wildman–Crippen MR) is 65.1 cm³/mol. The number of nitrogens with zero attached hydrogens (tertiary/aromatic N) is 1. The van der Waals surface area contributed by atoms with Gasteiger partial charge in [-0.05, 0) is 17.6 Å². The zero-order chi connectivity index (χ0) is 9.90. The summed E-state index contributed by atoms with van der Waals surface area (Å²) in [5, 5.41) is 0.566. The maximum atomic E-state index is 11.7. The van der Waals surface area contributed by atoms with Crippen LogP contribution in [0.15, 0.2) is 4.76 Å². The van der Waals surface area contributed by atoms with Crippen LogP contribution in [0, 0.1) is 0 Å². The molecule has 0 amide bonds. The van der Waals surface area contributed by atoms with Gasteiger partial charge in [0.2, 0.25) is 0 Å². The molecular formula is C6H12NO2PS3. The van der Waals surface area contributed by atoms with Crippen LogP contribution < -0.4 is 0 Å². The van der Waals surface area contributed by atoms with Gasteiger partial charge in [0.15, 0.2) is 0 Å². The molecule has 1 saturated heterocycles. The minimum Gasteiger partial charge on any atom is -0.308 e. The lowest BCUT2D eigenvalue weighted by Gasteiger charge is -2.07. The maximum absolute atomic E-state index is 11.7. The number of hydrogen-bond acceptors (Lipinski definition) is 5. The summed E-state index contributed by atoms with van der Waals surface area (Å²) < 4.78 is 21.7. The first-order valence-electron chi connectivity index (χ1n) is 3.71. The third-order valence-corrected chi connectivity index (χ3v) is 7.84. The van der Waals surface area contributed by atoms with Gasteiger partial charge >= 0.3 is 6.72 Å². The molecule has 0 radical (unpaired) electrons. The molecule has 0 aromatic carbocycles. The van der Waals surface area contributed by atoms with Gasteiger partial charge in [-0.2, -0.15) is 4.76 Å². The molecule has 1 rings (SSSR count). The van der Waals surface area contributed by atoms with Crippen LogP contribution in [0.4, 0.5) is 0 Å². The molecule has 13 heavy (non-hydrogen) atoms. The van der Waals surface area contributed by atoms with E-state index in [4.69, 9.17) is 4.52 Å². The fourth-order valence-corrected chi connectivity index (χ4v) is 5.73. The number of thioether (sulfide) groups is 2. The molecule has 0 N–H and O–H groups in total. The number of rotatable bonds is 3. The molecule has 76 valence electrons. The third-order valence-electron chi connectivity index (χ3n) is 1.41. The highest BCUT2D eigenvalue weighted by Crippen LogP contribution is 2.60. The Labute approximate surface area is 91.1 Å². The van der Waals surface area contributed by atoms with E-state index in [0.717, 1.165) is 10.1 Å². The molecule has 1 heterocycles. The average molecular weight is 257 g/mol. The molecule has 1 fully saturated rings. The van der Waals surface area contributed by atoms with Gasteiger partial charge in [-0.25, -0.2) is 0 Å². The lowest BCUT2D eigenvalue weighted by molar-refractivity contribution is 0.411. The van der Waals surface area contributed by atoms with Crippen molar-refractivity contribution in [2.45, 2.75) is 12.2 Å². The minimum atomic E-state index is -2.79. The van der Waals surface area contributed by atoms with Gasteiger partial charge in [0.1, 0.15) is 4.38 Å². The summed E-state index contributed by atoms with van der Waals surface area (Å²) in [5.41, 5.74) is 0. The van der Waals surface area contributed by atoms with Crippen molar-refractivity contribution in [3.05, 3.63) is 0 Å². The van der Waals surface area contributed by atoms with E-state index in [-0.39, 0.29) is 0 Å².